The molecule has 0 saturated carbocycles. The largest absolute Gasteiger partial charge is 0.0628 e. The number of unbranched alkanes of at least 4 members (excludes halogenated alkanes) is 1. The number of hydrogen-bond acceptors (Lipinski definition) is 0. The molecule has 74 valence electrons. The van der Waals surface area contributed by atoms with Gasteiger partial charge >= 0.3 is 0 Å². The Morgan fingerprint density at radius 1 is 0.750 bits per heavy atom. The Balaban J connectivity index is 3.20. The third-order valence-corrected chi connectivity index (χ3v) is 2.83. The molecule has 0 fully saturated rings. The van der Waals surface area contributed by atoms with Crippen LogP contribution in [0.1, 0.15) is 60.3 Å². The molecule has 0 N–H and O–H groups in total. The fraction of sp³-hybridized carbons (Fsp3) is 1.00. The lowest BCUT2D eigenvalue weighted by Gasteiger charge is -2.15. The molecule has 0 amide bonds. The van der Waals surface area contributed by atoms with Gasteiger partial charge in [-0.1, -0.05) is 60.3 Å². The van der Waals surface area contributed by atoms with Gasteiger partial charge in [-0.25, -0.2) is 0 Å². The van der Waals surface area contributed by atoms with Gasteiger partial charge in [-0.2, -0.15) is 0 Å². The average molecular weight is 170 g/mol. The summed E-state index contributed by atoms with van der Waals surface area (Å²) in [7, 11) is 0. The minimum atomic E-state index is 0.865. The second-order valence-corrected chi connectivity index (χ2v) is 4.90. The Morgan fingerprint density at radius 2 is 1.25 bits per heavy atom. The highest BCUT2D eigenvalue weighted by molar-refractivity contribution is 4.57. The Kier molecular flexibility index (Phi) is 6.51. The lowest BCUT2D eigenvalue weighted by Crippen LogP contribution is -2.03. The Hall–Kier alpha value is 0. The summed E-state index contributed by atoms with van der Waals surface area (Å²) in [6.45, 7) is 11.7. The van der Waals surface area contributed by atoms with Gasteiger partial charge in [0.2, 0.25) is 0 Å². The maximum atomic E-state index is 2.38. The van der Waals surface area contributed by atoms with Gasteiger partial charge in [0, 0.05) is 0 Å². The zero-order chi connectivity index (χ0) is 9.56. The van der Waals surface area contributed by atoms with Crippen LogP contribution in [-0.4, -0.2) is 0 Å². The molecule has 0 bridgehead atoms. The van der Waals surface area contributed by atoms with Crippen molar-refractivity contribution in [2.75, 3.05) is 0 Å². The maximum Gasteiger partial charge on any atom is -0.0420 e. The van der Waals surface area contributed by atoms with Crippen molar-refractivity contribution in [3.8, 4) is 0 Å². The van der Waals surface area contributed by atoms with E-state index < -0.39 is 0 Å². The topological polar surface area (TPSA) is 0 Å². The summed E-state index contributed by atoms with van der Waals surface area (Å²) in [4.78, 5) is 0. The summed E-state index contributed by atoms with van der Waals surface area (Å²) in [5.74, 6) is 2.67. The minimum Gasteiger partial charge on any atom is -0.0628 e. The second kappa shape index (κ2) is 6.51. The van der Waals surface area contributed by atoms with Crippen LogP contribution in [0.25, 0.3) is 0 Å². The van der Waals surface area contributed by atoms with Gasteiger partial charge in [0.05, 0.1) is 0 Å². The third-order valence-electron chi connectivity index (χ3n) is 2.83. The highest BCUT2D eigenvalue weighted by atomic mass is 14.1. The van der Waals surface area contributed by atoms with E-state index in [9.17, 15) is 0 Å². The van der Waals surface area contributed by atoms with E-state index in [0.29, 0.717) is 0 Å². The van der Waals surface area contributed by atoms with Gasteiger partial charge in [0.15, 0.2) is 0 Å². The van der Waals surface area contributed by atoms with Crippen molar-refractivity contribution in [2.45, 2.75) is 60.3 Å². The molecule has 0 aliphatic rings. The molecular formula is C12H26. The van der Waals surface area contributed by atoms with E-state index in [0.717, 1.165) is 17.8 Å². The van der Waals surface area contributed by atoms with Crippen LogP contribution in [0.4, 0.5) is 0 Å². The van der Waals surface area contributed by atoms with E-state index in [1.165, 1.54) is 25.7 Å². The van der Waals surface area contributed by atoms with Crippen LogP contribution in [0, 0.1) is 17.8 Å². The first kappa shape index (κ1) is 12.0. The van der Waals surface area contributed by atoms with E-state index in [1.807, 2.05) is 0 Å². The average Bonchev–Trinajstić information content (AvgIpc) is 1.97. The Morgan fingerprint density at radius 3 is 1.67 bits per heavy atom. The lowest BCUT2D eigenvalue weighted by atomic mass is 9.91. The molecule has 0 aromatic heterocycles. The predicted octanol–water partition coefficient (Wildman–Crippen LogP) is 4.49. The fourth-order valence-electron chi connectivity index (χ4n) is 1.35. The van der Waals surface area contributed by atoms with Crippen molar-refractivity contribution in [3.63, 3.8) is 0 Å². The van der Waals surface area contributed by atoms with Gasteiger partial charge in [-0.15, -0.1) is 0 Å². The van der Waals surface area contributed by atoms with Crippen LogP contribution >= 0.6 is 0 Å². The monoisotopic (exact) mass is 170 g/mol. The molecule has 0 radical (unpaired) electrons. The molecule has 1 atom stereocenters. The van der Waals surface area contributed by atoms with Crippen LogP contribution in [0.5, 0.6) is 0 Å². The van der Waals surface area contributed by atoms with Gasteiger partial charge in [0.1, 0.15) is 0 Å². The van der Waals surface area contributed by atoms with E-state index in [4.69, 9.17) is 0 Å². The summed E-state index contributed by atoms with van der Waals surface area (Å²) in [6.07, 6.45) is 5.68. The molecule has 0 saturated heterocycles. The highest BCUT2D eigenvalue weighted by Gasteiger charge is 2.05. The van der Waals surface area contributed by atoms with Crippen molar-refractivity contribution in [1.82, 2.24) is 0 Å². The molecule has 0 heterocycles. The minimum absolute atomic E-state index is 0.865. The van der Waals surface area contributed by atoms with E-state index in [-0.39, 0.29) is 0 Å². The summed E-state index contributed by atoms with van der Waals surface area (Å²) in [5, 5.41) is 0. The summed E-state index contributed by atoms with van der Waals surface area (Å²) < 4.78 is 0. The summed E-state index contributed by atoms with van der Waals surface area (Å²) in [6, 6.07) is 0. The van der Waals surface area contributed by atoms with Crippen LogP contribution in [-0.2, 0) is 0 Å². The van der Waals surface area contributed by atoms with Crippen LogP contribution in [0.3, 0.4) is 0 Å². The van der Waals surface area contributed by atoms with Gasteiger partial charge < -0.3 is 0 Å². The first-order valence-electron chi connectivity index (χ1n) is 5.54. The third kappa shape index (κ3) is 6.69. The quantitative estimate of drug-likeness (QED) is 0.515. The molecule has 0 spiro atoms. The van der Waals surface area contributed by atoms with E-state index in [1.54, 1.807) is 0 Å². The maximum absolute atomic E-state index is 2.38. The lowest BCUT2D eigenvalue weighted by molar-refractivity contribution is 0.370. The smallest absolute Gasteiger partial charge is 0.0420 e. The summed E-state index contributed by atoms with van der Waals surface area (Å²) in [5.41, 5.74) is 0. The highest BCUT2D eigenvalue weighted by Crippen LogP contribution is 2.18. The van der Waals surface area contributed by atoms with Gasteiger partial charge in [-0.3, -0.25) is 0 Å². The van der Waals surface area contributed by atoms with E-state index in [2.05, 4.69) is 34.6 Å². The molecule has 0 aliphatic carbocycles. The molecule has 0 heteroatoms. The molecular weight excluding hydrogens is 144 g/mol. The van der Waals surface area contributed by atoms with Crippen molar-refractivity contribution in [1.29, 1.82) is 0 Å². The van der Waals surface area contributed by atoms with E-state index >= 15 is 0 Å². The Labute approximate surface area is 78.8 Å². The predicted molar refractivity (Wildman–Crippen MR) is 57.3 cm³/mol. The summed E-state index contributed by atoms with van der Waals surface area (Å²) >= 11 is 0. The van der Waals surface area contributed by atoms with Gasteiger partial charge in [-0.05, 0) is 17.8 Å². The van der Waals surface area contributed by atoms with Crippen LogP contribution in [0.2, 0.25) is 0 Å². The number of rotatable bonds is 6. The molecule has 0 aromatic rings. The second-order valence-electron chi connectivity index (χ2n) is 4.90. The fourth-order valence-corrected chi connectivity index (χ4v) is 1.35. The van der Waals surface area contributed by atoms with Crippen LogP contribution < -0.4 is 0 Å². The molecule has 12 heavy (non-hydrogen) atoms. The number of hydrogen-bond donors (Lipinski definition) is 0. The Bertz CT molecular complexity index is 92.2. The first-order valence-corrected chi connectivity index (χ1v) is 5.54. The first-order chi connectivity index (χ1) is 5.54. The van der Waals surface area contributed by atoms with Crippen molar-refractivity contribution >= 4 is 0 Å². The zero-order valence-corrected chi connectivity index (χ0v) is 9.56. The molecule has 0 aliphatic heterocycles. The molecule has 0 rings (SSSR count). The SMILES string of the molecule is CC(C)CCCC[C@H](C)C(C)C. The molecule has 0 nitrogen and oxygen atoms in total. The van der Waals surface area contributed by atoms with Crippen molar-refractivity contribution in [2.24, 2.45) is 17.8 Å². The standard InChI is InChI=1S/C12H26/c1-10(2)8-6-7-9-12(5)11(3)4/h10-12H,6-9H2,1-5H3/t12-/m0/s1. The molecule has 0 aromatic carbocycles. The normalized spacial score (nSPS) is 14.2. The van der Waals surface area contributed by atoms with Crippen molar-refractivity contribution < 1.29 is 0 Å². The van der Waals surface area contributed by atoms with Crippen molar-refractivity contribution in [3.05, 3.63) is 0 Å². The molecule has 0 unspecified atom stereocenters. The van der Waals surface area contributed by atoms with Crippen LogP contribution in [0.15, 0.2) is 0 Å². The zero-order valence-electron chi connectivity index (χ0n) is 9.56. The van der Waals surface area contributed by atoms with Gasteiger partial charge in [0.25, 0.3) is 0 Å².